The first-order valence-electron chi connectivity index (χ1n) is 5.16. The van der Waals surface area contributed by atoms with Gasteiger partial charge in [-0.2, -0.15) is 0 Å². The lowest BCUT2D eigenvalue weighted by Gasteiger charge is -2.12. The summed E-state index contributed by atoms with van der Waals surface area (Å²) in [5, 5.41) is 5.21. The predicted octanol–water partition coefficient (Wildman–Crippen LogP) is 3.94. The summed E-state index contributed by atoms with van der Waals surface area (Å²) in [7, 11) is 0. The first-order chi connectivity index (χ1) is 7.50. The van der Waals surface area contributed by atoms with Crippen molar-refractivity contribution < 1.29 is 4.79 Å². The zero-order valence-corrected chi connectivity index (χ0v) is 12.5. The SMILES string of the molecule is CC(C)CC(Br)CNC(=O)c1sccc1Cl. The Hall–Kier alpha value is -0.0600. The molecule has 1 amide bonds. The Morgan fingerprint density at radius 2 is 2.31 bits per heavy atom. The molecule has 0 radical (unpaired) electrons. The fraction of sp³-hybridized carbons (Fsp3) is 0.545. The van der Waals surface area contributed by atoms with Crippen LogP contribution in [-0.4, -0.2) is 17.3 Å². The summed E-state index contributed by atoms with van der Waals surface area (Å²) in [6.45, 7) is 4.95. The van der Waals surface area contributed by atoms with Crippen LogP contribution in [0.25, 0.3) is 0 Å². The molecule has 0 spiro atoms. The third-order valence-electron chi connectivity index (χ3n) is 2.03. The lowest BCUT2D eigenvalue weighted by atomic mass is 10.1. The van der Waals surface area contributed by atoms with Gasteiger partial charge in [-0.3, -0.25) is 4.79 Å². The number of hydrogen-bond acceptors (Lipinski definition) is 2. The number of alkyl halides is 1. The molecule has 1 aromatic rings. The molecule has 5 heteroatoms. The van der Waals surface area contributed by atoms with Crippen molar-refractivity contribution in [3.63, 3.8) is 0 Å². The van der Waals surface area contributed by atoms with Gasteiger partial charge in [0, 0.05) is 11.4 Å². The van der Waals surface area contributed by atoms with E-state index in [-0.39, 0.29) is 5.91 Å². The van der Waals surface area contributed by atoms with Gasteiger partial charge in [0.25, 0.3) is 5.91 Å². The molecule has 90 valence electrons. The summed E-state index contributed by atoms with van der Waals surface area (Å²) in [6.07, 6.45) is 1.04. The Kier molecular flexibility index (Phi) is 5.79. The smallest absolute Gasteiger partial charge is 0.262 e. The van der Waals surface area contributed by atoms with Gasteiger partial charge in [0.1, 0.15) is 4.88 Å². The van der Waals surface area contributed by atoms with Gasteiger partial charge < -0.3 is 5.32 Å². The van der Waals surface area contributed by atoms with E-state index in [1.807, 2.05) is 5.38 Å². The number of carbonyl (C=O) groups is 1. The van der Waals surface area contributed by atoms with Crippen molar-refractivity contribution in [2.45, 2.75) is 25.1 Å². The maximum absolute atomic E-state index is 11.7. The first kappa shape index (κ1) is 14.0. The molecule has 1 unspecified atom stereocenters. The van der Waals surface area contributed by atoms with E-state index in [1.54, 1.807) is 6.07 Å². The summed E-state index contributed by atoms with van der Waals surface area (Å²) < 4.78 is 0. The number of halogens is 2. The topological polar surface area (TPSA) is 29.1 Å². The summed E-state index contributed by atoms with van der Waals surface area (Å²) >= 11 is 10.8. The van der Waals surface area contributed by atoms with Crippen LogP contribution in [0.4, 0.5) is 0 Å². The van der Waals surface area contributed by atoms with Crippen molar-refractivity contribution in [1.29, 1.82) is 0 Å². The average Bonchev–Trinajstić information content (AvgIpc) is 2.60. The lowest BCUT2D eigenvalue weighted by Crippen LogP contribution is -2.29. The molecule has 0 aromatic carbocycles. The van der Waals surface area contributed by atoms with Crippen LogP contribution < -0.4 is 5.32 Å². The highest BCUT2D eigenvalue weighted by atomic mass is 79.9. The van der Waals surface area contributed by atoms with E-state index in [0.717, 1.165) is 6.42 Å². The van der Waals surface area contributed by atoms with E-state index < -0.39 is 0 Å². The van der Waals surface area contributed by atoms with Crippen molar-refractivity contribution in [3.8, 4) is 0 Å². The van der Waals surface area contributed by atoms with Crippen LogP contribution >= 0.6 is 38.9 Å². The molecule has 0 saturated heterocycles. The molecule has 0 saturated carbocycles. The molecule has 1 rings (SSSR count). The van der Waals surface area contributed by atoms with Gasteiger partial charge >= 0.3 is 0 Å². The third kappa shape index (κ3) is 4.44. The number of nitrogens with one attached hydrogen (secondary N) is 1. The Labute approximate surface area is 114 Å². The highest BCUT2D eigenvalue weighted by molar-refractivity contribution is 9.09. The maximum Gasteiger partial charge on any atom is 0.262 e. The van der Waals surface area contributed by atoms with Crippen LogP contribution in [0.2, 0.25) is 5.02 Å². The molecule has 1 heterocycles. The molecular weight excluding hydrogens is 310 g/mol. The molecule has 0 aliphatic rings. The predicted molar refractivity (Wildman–Crippen MR) is 73.8 cm³/mol. The van der Waals surface area contributed by atoms with E-state index in [9.17, 15) is 4.79 Å². The molecule has 0 bridgehead atoms. The molecular formula is C11H15BrClNOS. The first-order valence-corrected chi connectivity index (χ1v) is 7.33. The van der Waals surface area contributed by atoms with Gasteiger partial charge in [-0.1, -0.05) is 41.4 Å². The highest BCUT2D eigenvalue weighted by Crippen LogP contribution is 2.21. The maximum atomic E-state index is 11.7. The van der Waals surface area contributed by atoms with Gasteiger partial charge in [-0.05, 0) is 23.8 Å². The fourth-order valence-electron chi connectivity index (χ4n) is 1.33. The lowest BCUT2D eigenvalue weighted by molar-refractivity contribution is 0.0957. The largest absolute Gasteiger partial charge is 0.350 e. The standard InChI is InChI=1S/C11H15BrClNOS/c1-7(2)5-8(12)6-14-11(15)10-9(13)3-4-16-10/h3-4,7-8H,5-6H2,1-2H3,(H,14,15). The number of hydrogen-bond donors (Lipinski definition) is 1. The Balaban J connectivity index is 2.39. The Bertz CT molecular complexity index is 354. The fourth-order valence-corrected chi connectivity index (χ4v) is 3.30. The van der Waals surface area contributed by atoms with Crippen molar-refractivity contribution in [3.05, 3.63) is 21.3 Å². The second-order valence-corrected chi connectivity index (χ2v) is 6.65. The van der Waals surface area contributed by atoms with Crippen molar-refractivity contribution in [2.75, 3.05) is 6.54 Å². The Morgan fingerprint density at radius 3 is 2.81 bits per heavy atom. The van der Waals surface area contributed by atoms with E-state index in [1.165, 1.54) is 11.3 Å². The molecule has 0 aliphatic heterocycles. The number of carbonyl (C=O) groups excluding carboxylic acids is 1. The summed E-state index contributed by atoms with van der Waals surface area (Å²) in [4.78, 5) is 12.6. The van der Waals surface area contributed by atoms with Crippen LogP contribution in [0.3, 0.4) is 0 Å². The van der Waals surface area contributed by atoms with Crippen molar-refractivity contribution in [1.82, 2.24) is 5.32 Å². The van der Waals surface area contributed by atoms with Crippen molar-refractivity contribution >= 4 is 44.8 Å². The normalized spacial score (nSPS) is 12.8. The van der Waals surface area contributed by atoms with Gasteiger partial charge in [0.2, 0.25) is 0 Å². The molecule has 1 aromatic heterocycles. The van der Waals surface area contributed by atoms with E-state index in [0.29, 0.717) is 27.2 Å². The van der Waals surface area contributed by atoms with Crippen LogP contribution in [0, 0.1) is 5.92 Å². The third-order valence-corrected chi connectivity index (χ3v) is 4.07. The zero-order chi connectivity index (χ0) is 12.1. The minimum Gasteiger partial charge on any atom is -0.350 e. The van der Waals surface area contributed by atoms with E-state index in [4.69, 9.17) is 11.6 Å². The Morgan fingerprint density at radius 1 is 1.62 bits per heavy atom. The summed E-state index contributed by atoms with van der Waals surface area (Å²) in [5.41, 5.74) is 0. The van der Waals surface area contributed by atoms with Crippen LogP contribution in [-0.2, 0) is 0 Å². The second kappa shape index (κ2) is 6.62. The van der Waals surface area contributed by atoms with Gasteiger partial charge in [-0.15, -0.1) is 11.3 Å². The molecule has 2 nitrogen and oxygen atoms in total. The second-order valence-electron chi connectivity index (χ2n) is 4.03. The van der Waals surface area contributed by atoms with Gasteiger partial charge in [-0.25, -0.2) is 0 Å². The zero-order valence-electron chi connectivity index (χ0n) is 9.30. The van der Waals surface area contributed by atoms with Gasteiger partial charge in [0.05, 0.1) is 5.02 Å². The molecule has 0 aliphatic carbocycles. The summed E-state index contributed by atoms with van der Waals surface area (Å²) in [5.74, 6) is 0.528. The number of amides is 1. The minimum atomic E-state index is -0.0896. The van der Waals surface area contributed by atoms with Crippen LogP contribution in [0.1, 0.15) is 29.9 Å². The molecule has 1 atom stereocenters. The van der Waals surface area contributed by atoms with Crippen molar-refractivity contribution in [2.24, 2.45) is 5.92 Å². The number of thiophene rings is 1. The van der Waals surface area contributed by atoms with E-state index in [2.05, 4.69) is 35.1 Å². The quantitative estimate of drug-likeness (QED) is 0.817. The molecule has 1 N–H and O–H groups in total. The minimum absolute atomic E-state index is 0.0896. The highest BCUT2D eigenvalue weighted by Gasteiger charge is 2.13. The summed E-state index contributed by atoms with van der Waals surface area (Å²) in [6, 6.07) is 1.74. The molecule has 16 heavy (non-hydrogen) atoms. The van der Waals surface area contributed by atoms with Gasteiger partial charge in [0.15, 0.2) is 0 Å². The van der Waals surface area contributed by atoms with E-state index >= 15 is 0 Å². The average molecular weight is 325 g/mol. The molecule has 0 fully saturated rings. The van der Waals surface area contributed by atoms with Crippen LogP contribution in [0.15, 0.2) is 11.4 Å². The van der Waals surface area contributed by atoms with Crippen LogP contribution in [0.5, 0.6) is 0 Å². The monoisotopic (exact) mass is 323 g/mol. The number of rotatable bonds is 5.